The molecule has 0 saturated carbocycles. The summed E-state index contributed by atoms with van der Waals surface area (Å²) >= 11 is 0. The van der Waals surface area contributed by atoms with Crippen LogP contribution in [0, 0.1) is 13.8 Å². The maximum Gasteiger partial charge on any atom is 0.410 e. The standard InChI is InChI=1S/C13H16F3N/c1-9-5-3-6-11(10(9)2)12(13(14,15)16)7-4-8-17-12/h3,5-6,17H,4,7-8H2,1-2H3/t12-/m1/s1. The van der Waals surface area contributed by atoms with Crippen LogP contribution >= 0.6 is 0 Å². The molecule has 2 rings (SSSR count). The second kappa shape index (κ2) is 4.02. The lowest BCUT2D eigenvalue weighted by Crippen LogP contribution is -2.50. The van der Waals surface area contributed by atoms with Crippen molar-refractivity contribution in [3.8, 4) is 0 Å². The summed E-state index contributed by atoms with van der Waals surface area (Å²) in [5.41, 5.74) is 0.171. The van der Waals surface area contributed by atoms with Gasteiger partial charge in [-0.15, -0.1) is 0 Å². The third-order valence-electron chi connectivity index (χ3n) is 3.70. The molecule has 0 radical (unpaired) electrons. The lowest BCUT2D eigenvalue weighted by Gasteiger charge is -2.34. The van der Waals surface area contributed by atoms with Gasteiger partial charge in [0.1, 0.15) is 5.54 Å². The van der Waals surface area contributed by atoms with Crippen molar-refractivity contribution in [2.24, 2.45) is 0 Å². The molecule has 1 aliphatic heterocycles. The molecule has 4 heteroatoms. The minimum Gasteiger partial charge on any atom is -0.300 e. The first kappa shape index (κ1) is 12.4. The number of hydrogen-bond acceptors (Lipinski definition) is 1. The Morgan fingerprint density at radius 3 is 2.47 bits per heavy atom. The van der Waals surface area contributed by atoms with Gasteiger partial charge in [-0.3, -0.25) is 5.32 Å². The predicted octanol–water partition coefficient (Wildman–Crippen LogP) is 3.44. The Balaban J connectivity index is 2.58. The van der Waals surface area contributed by atoms with E-state index in [1.54, 1.807) is 19.1 Å². The number of halogens is 3. The fourth-order valence-electron chi connectivity index (χ4n) is 2.58. The second-order valence-electron chi connectivity index (χ2n) is 4.68. The first-order valence-corrected chi connectivity index (χ1v) is 5.77. The fourth-order valence-corrected chi connectivity index (χ4v) is 2.58. The minimum absolute atomic E-state index is 0.126. The molecule has 1 N–H and O–H groups in total. The molecule has 0 unspecified atom stereocenters. The van der Waals surface area contributed by atoms with Gasteiger partial charge >= 0.3 is 6.18 Å². The number of aryl methyl sites for hydroxylation is 1. The van der Waals surface area contributed by atoms with Crippen LogP contribution < -0.4 is 5.32 Å². The van der Waals surface area contributed by atoms with E-state index < -0.39 is 11.7 Å². The van der Waals surface area contributed by atoms with E-state index in [1.807, 2.05) is 13.0 Å². The van der Waals surface area contributed by atoms with Gasteiger partial charge in [0.15, 0.2) is 0 Å². The second-order valence-corrected chi connectivity index (χ2v) is 4.68. The van der Waals surface area contributed by atoms with Crippen LogP contribution in [-0.2, 0) is 5.54 Å². The van der Waals surface area contributed by atoms with Crippen LogP contribution in [0.25, 0.3) is 0 Å². The summed E-state index contributed by atoms with van der Waals surface area (Å²) in [5.74, 6) is 0. The van der Waals surface area contributed by atoms with Crippen molar-refractivity contribution in [1.82, 2.24) is 5.32 Å². The molecule has 1 fully saturated rings. The molecule has 1 nitrogen and oxygen atoms in total. The fraction of sp³-hybridized carbons (Fsp3) is 0.538. The molecule has 0 bridgehead atoms. The Bertz CT molecular complexity index is 417. The summed E-state index contributed by atoms with van der Waals surface area (Å²) in [5, 5.41) is 2.67. The van der Waals surface area contributed by atoms with Crippen molar-refractivity contribution >= 4 is 0 Å². The van der Waals surface area contributed by atoms with Crippen LogP contribution in [0.2, 0.25) is 0 Å². The molecule has 1 aromatic carbocycles. The van der Waals surface area contributed by atoms with Gasteiger partial charge in [-0.2, -0.15) is 13.2 Å². The van der Waals surface area contributed by atoms with Gasteiger partial charge in [-0.05, 0) is 49.9 Å². The van der Waals surface area contributed by atoms with Crippen molar-refractivity contribution < 1.29 is 13.2 Å². The Kier molecular flexibility index (Phi) is 2.94. The average molecular weight is 243 g/mol. The van der Waals surface area contributed by atoms with Gasteiger partial charge in [0.25, 0.3) is 0 Å². The maximum absolute atomic E-state index is 13.4. The third kappa shape index (κ3) is 1.84. The largest absolute Gasteiger partial charge is 0.410 e. The van der Waals surface area contributed by atoms with Crippen LogP contribution in [0.5, 0.6) is 0 Å². The molecule has 1 aliphatic rings. The van der Waals surface area contributed by atoms with Crippen LogP contribution in [-0.4, -0.2) is 12.7 Å². The van der Waals surface area contributed by atoms with E-state index in [0.717, 1.165) is 11.1 Å². The van der Waals surface area contributed by atoms with E-state index in [9.17, 15) is 13.2 Å². The zero-order valence-electron chi connectivity index (χ0n) is 9.99. The average Bonchev–Trinajstić information content (AvgIpc) is 2.71. The molecular weight excluding hydrogens is 227 g/mol. The topological polar surface area (TPSA) is 12.0 Å². The maximum atomic E-state index is 13.4. The molecular formula is C13H16F3N. The summed E-state index contributed by atoms with van der Waals surface area (Å²) in [6, 6.07) is 5.14. The lowest BCUT2D eigenvalue weighted by molar-refractivity contribution is -0.196. The molecule has 0 spiro atoms. The van der Waals surface area contributed by atoms with Crippen molar-refractivity contribution in [3.05, 3.63) is 34.9 Å². The summed E-state index contributed by atoms with van der Waals surface area (Å²) < 4.78 is 40.1. The van der Waals surface area contributed by atoms with E-state index in [4.69, 9.17) is 0 Å². The third-order valence-corrected chi connectivity index (χ3v) is 3.70. The molecule has 0 aromatic heterocycles. The Morgan fingerprint density at radius 1 is 1.24 bits per heavy atom. The molecule has 1 atom stereocenters. The van der Waals surface area contributed by atoms with Gasteiger partial charge in [0.2, 0.25) is 0 Å². The normalized spacial score (nSPS) is 25.2. The molecule has 94 valence electrons. The van der Waals surface area contributed by atoms with Crippen LogP contribution in [0.3, 0.4) is 0 Å². The highest BCUT2D eigenvalue weighted by Gasteiger charge is 2.57. The van der Waals surface area contributed by atoms with Gasteiger partial charge in [0.05, 0.1) is 0 Å². The molecule has 17 heavy (non-hydrogen) atoms. The Morgan fingerprint density at radius 2 is 1.94 bits per heavy atom. The van der Waals surface area contributed by atoms with E-state index in [2.05, 4.69) is 5.32 Å². The zero-order chi connectivity index (χ0) is 12.7. The molecule has 0 aliphatic carbocycles. The number of hydrogen-bond donors (Lipinski definition) is 1. The molecule has 0 amide bonds. The number of nitrogens with one attached hydrogen (secondary N) is 1. The van der Waals surface area contributed by atoms with Crippen molar-refractivity contribution in [1.29, 1.82) is 0 Å². The van der Waals surface area contributed by atoms with Crippen LogP contribution in [0.15, 0.2) is 18.2 Å². The summed E-state index contributed by atoms with van der Waals surface area (Å²) in [4.78, 5) is 0. The van der Waals surface area contributed by atoms with Crippen LogP contribution in [0.1, 0.15) is 29.5 Å². The van der Waals surface area contributed by atoms with E-state index in [-0.39, 0.29) is 6.42 Å². The highest BCUT2D eigenvalue weighted by molar-refractivity contribution is 5.40. The first-order chi connectivity index (χ1) is 7.88. The molecule has 1 aromatic rings. The van der Waals surface area contributed by atoms with Gasteiger partial charge in [0, 0.05) is 0 Å². The quantitative estimate of drug-likeness (QED) is 0.796. The SMILES string of the molecule is Cc1cccc([C@@]2(C(F)(F)F)CCCN2)c1C. The molecule has 1 saturated heterocycles. The Hall–Kier alpha value is -1.03. The predicted molar refractivity (Wildman–Crippen MR) is 60.9 cm³/mol. The summed E-state index contributed by atoms with van der Waals surface area (Å²) in [6.45, 7) is 4.03. The van der Waals surface area contributed by atoms with Crippen molar-refractivity contribution in [2.75, 3.05) is 6.54 Å². The summed E-state index contributed by atoms with van der Waals surface area (Å²) in [7, 11) is 0. The minimum atomic E-state index is -4.25. The smallest absolute Gasteiger partial charge is 0.300 e. The number of rotatable bonds is 1. The van der Waals surface area contributed by atoms with E-state index >= 15 is 0 Å². The highest BCUT2D eigenvalue weighted by atomic mass is 19.4. The zero-order valence-corrected chi connectivity index (χ0v) is 9.99. The highest BCUT2D eigenvalue weighted by Crippen LogP contribution is 2.46. The van der Waals surface area contributed by atoms with E-state index in [0.29, 0.717) is 18.5 Å². The van der Waals surface area contributed by atoms with Gasteiger partial charge in [-0.25, -0.2) is 0 Å². The van der Waals surface area contributed by atoms with Crippen LogP contribution in [0.4, 0.5) is 13.2 Å². The van der Waals surface area contributed by atoms with Gasteiger partial charge < -0.3 is 0 Å². The lowest BCUT2D eigenvalue weighted by atomic mass is 9.83. The van der Waals surface area contributed by atoms with Crippen molar-refractivity contribution in [2.45, 2.75) is 38.4 Å². The number of alkyl halides is 3. The van der Waals surface area contributed by atoms with Gasteiger partial charge in [-0.1, -0.05) is 18.2 Å². The monoisotopic (exact) mass is 243 g/mol. The first-order valence-electron chi connectivity index (χ1n) is 5.77. The Labute approximate surface area is 99.0 Å². The number of benzene rings is 1. The van der Waals surface area contributed by atoms with E-state index in [1.165, 1.54) is 0 Å². The summed E-state index contributed by atoms with van der Waals surface area (Å²) in [6.07, 6.45) is -3.56. The molecule has 1 heterocycles. The van der Waals surface area contributed by atoms with Crippen molar-refractivity contribution in [3.63, 3.8) is 0 Å².